The van der Waals surface area contributed by atoms with Crippen molar-refractivity contribution in [2.24, 2.45) is 67.0 Å². The highest BCUT2D eigenvalue weighted by molar-refractivity contribution is 5.91. The molecule has 0 amide bonds. The molecule has 3 N–H and O–H groups in total. The summed E-state index contributed by atoms with van der Waals surface area (Å²) in [7, 11) is 0. The van der Waals surface area contributed by atoms with Gasteiger partial charge in [-0.15, -0.1) is 5.16 Å². The van der Waals surface area contributed by atoms with Crippen molar-refractivity contribution in [3.63, 3.8) is 0 Å². The van der Waals surface area contributed by atoms with Gasteiger partial charge in [-0.25, -0.2) is 0 Å². The van der Waals surface area contributed by atoms with Crippen molar-refractivity contribution in [2.75, 3.05) is 6.61 Å². The molecule has 0 aromatic carbocycles. The van der Waals surface area contributed by atoms with Crippen molar-refractivity contribution in [1.29, 1.82) is 0 Å². The lowest BCUT2D eigenvalue weighted by Gasteiger charge is -2.72. The van der Waals surface area contributed by atoms with Crippen molar-refractivity contribution in [3.8, 4) is 0 Å². The van der Waals surface area contributed by atoms with E-state index in [2.05, 4.69) is 51.5 Å². The summed E-state index contributed by atoms with van der Waals surface area (Å²) in [6, 6.07) is 0. The third-order valence-corrected chi connectivity index (χ3v) is 13.5. The number of hydrogen-bond donors (Lipinski definition) is 3. The molecule has 5 fully saturated rings. The Morgan fingerprint density at radius 1 is 0.943 bits per heavy atom. The molecule has 0 bridgehead atoms. The van der Waals surface area contributed by atoms with E-state index in [-0.39, 0.29) is 28.3 Å². The lowest BCUT2D eigenvalue weighted by molar-refractivity contribution is -0.225. The minimum absolute atomic E-state index is 0.0135. The van der Waals surface area contributed by atoms with Crippen LogP contribution in [0.5, 0.6) is 0 Å². The molecule has 0 saturated heterocycles. The van der Waals surface area contributed by atoms with Gasteiger partial charge in [-0.1, -0.05) is 45.0 Å². The molecule has 0 unspecified atom stereocenters. The van der Waals surface area contributed by atoms with Crippen LogP contribution in [0, 0.1) is 56.7 Å². The maximum atomic E-state index is 10.5. The van der Waals surface area contributed by atoms with Crippen LogP contribution in [0.15, 0.2) is 22.5 Å². The second kappa shape index (κ2) is 8.07. The Bertz CT molecular complexity index is 946. The Morgan fingerprint density at radius 3 is 2.31 bits per heavy atom. The number of aliphatic hydroxyl groups is 1. The highest BCUT2D eigenvalue weighted by Gasteiger charge is 2.71. The van der Waals surface area contributed by atoms with Gasteiger partial charge in [0.1, 0.15) is 0 Å². The van der Waals surface area contributed by atoms with E-state index >= 15 is 0 Å². The molecule has 5 nitrogen and oxygen atoms in total. The Hall–Kier alpha value is -1.36. The first-order valence-corrected chi connectivity index (χ1v) is 14.1. The van der Waals surface area contributed by atoms with E-state index in [0.29, 0.717) is 29.6 Å². The second-order valence-electron chi connectivity index (χ2n) is 14.3. The molecule has 0 spiro atoms. The summed E-state index contributed by atoms with van der Waals surface area (Å²) in [5.74, 6) is 2.59. The summed E-state index contributed by atoms with van der Waals surface area (Å²) in [5, 5.41) is 37.3. The minimum Gasteiger partial charge on any atom is -0.411 e. The molecular formula is C30H48N2O3. The molecule has 5 heteroatoms. The van der Waals surface area contributed by atoms with Gasteiger partial charge in [-0.2, -0.15) is 0 Å². The third kappa shape index (κ3) is 3.03. The number of hydrogen-bond acceptors (Lipinski definition) is 5. The largest absolute Gasteiger partial charge is 0.411 e. The fourth-order valence-electron chi connectivity index (χ4n) is 11.5. The maximum Gasteiger partial charge on any atom is 0.0655 e. The fourth-order valence-corrected chi connectivity index (χ4v) is 11.5. The molecule has 5 aliphatic rings. The molecule has 0 heterocycles. The standard InChI is InChI=1S/C30H48N2O3/c1-19(2)20-9-14-30(17-31-34)16-15-28(5)21(25(20)30)7-8-23-26(3)12-11-24(32-35)27(4,18-33)22(26)10-13-29(23,28)6/h17,20-23,25,33-35H,1,7-16,18H2,2-6H3/b31-17+,32-24-/t20-,21+,22+,23+,25+,26-,27-,28+,29+,30+/m0/s1. The van der Waals surface area contributed by atoms with E-state index in [9.17, 15) is 15.5 Å². The lowest BCUT2D eigenvalue weighted by atomic mass is 9.32. The van der Waals surface area contributed by atoms with Crippen molar-refractivity contribution in [1.82, 2.24) is 0 Å². The molecule has 0 aromatic rings. The Kier molecular flexibility index (Phi) is 5.83. The first-order chi connectivity index (χ1) is 16.5. The van der Waals surface area contributed by atoms with E-state index in [1.165, 1.54) is 31.3 Å². The van der Waals surface area contributed by atoms with Crippen molar-refractivity contribution >= 4 is 11.9 Å². The van der Waals surface area contributed by atoms with Gasteiger partial charge in [0.25, 0.3) is 0 Å². The number of rotatable bonds is 3. The fraction of sp³-hybridized carbons (Fsp3) is 0.867. The van der Waals surface area contributed by atoms with Crippen LogP contribution in [-0.4, -0.2) is 34.1 Å². The molecule has 35 heavy (non-hydrogen) atoms. The maximum absolute atomic E-state index is 10.5. The summed E-state index contributed by atoms with van der Waals surface area (Å²) in [5.41, 5.74) is 2.29. The van der Waals surface area contributed by atoms with Crippen LogP contribution < -0.4 is 0 Å². The zero-order valence-corrected chi connectivity index (χ0v) is 22.7. The topological polar surface area (TPSA) is 85.4 Å². The monoisotopic (exact) mass is 484 g/mol. The average Bonchev–Trinajstić information content (AvgIpc) is 3.19. The highest BCUT2D eigenvalue weighted by Crippen LogP contribution is 2.77. The summed E-state index contributed by atoms with van der Waals surface area (Å²) in [6.07, 6.45) is 13.0. The van der Waals surface area contributed by atoms with Gasteiger partial charge in [-0.05, 0) is 117 Å². The van der Waals surface area contributed by atoms with E-state index < -0.39 is 5.41 Å². The van der Waals surface area contributed by atoms with Gasteiger partial charge in [-0.3, -0.25) is 0 Å². The lowest BCUT2D eigenvalue weighted by Crippen LogP contribution is -2.67. The van der Waals surface area contributed by atoms with Gasteiger partial charge in [0.2, 0.25) is 0 Å². The average molecular weight is 485 g/mol. The summed E-state index contributed by atoms with van der Waals surface area (Å²) in [6.45, 7) is 16.5. The van der Waals surface area contributed by atoms with Crippen LogP contribution >= 0.6 is 0 Å². The number of allylic oxidation sites excluding steroid dienone is 1. The number of nitrogens with zero attached hydrogens (tertiary/aromatic N) is 2. The quantitative estimate of drug-likeness (QED) is 0.176. The second-order valence-corrected chi connectivity index (χ2v) is 14.3. The molecule has 196 valence electrons. The van der Waals surface area contributed by atoms with Gasteiger partial charge >= 0.3 is 0 Å². The first kappa shape index (κ1) is 25.3. The number of fused-ring (bicyclic) bond motifs is 7. The van der Waals surface area contributed by atoms with Crippen LogP contribution in [-0.2, 0) is 0 Å². The van der Waals surface area contributed by atoms with Crippen molar-refractivity contribution < 1.29 is 15.5 Å². The first-order valence-electron chi connectivity index (χ1n) is 14.1. The molecule has 5 rings (SSSR count). The van der Waals surface area contributed by atoms with Crippen LogP contribution in [0.4, 0.5) is 0 Å². The Balaban J connectivity index is 1.56. The van der Waals surface area contributed by atoms with E-state index in [1.807, 2.05) is 6.21 Å². The van der Waals surface area contributed by atoms with Crippen LogP contribution in [0.1, 0.15) is 98.8 Å². The third-order valence-electron chi connectivity index (χ3n) is 13.5. The summed E-state index contributed by atoms with van der Waals surface area (Å²) >= 11 is 0. The molecule has 0 aliphatic heterocycles. The summed E-state index contributed by atoms with van der Waals surface area (Å²) in [4.78, 5) is 0. The van der Waals surface area contributed by atoms with Gasteiger partial charge in [0.05, 0.1) is 18.5 Å². The van der Waals surface area contributed by atoms with Gasteiger partial charge in [0, 0.05) is 10.8 Å². The van der Waals surface area contributed by atoms with Crippen molar-refractivity contribution in [2.45, 2.75) is 98.8 Å². The predicted molar refractivity (Wildman–Crippen MR) is 140 cm³/mol. The van der Waals surface area contributed by atoms with Gasteiger partial charge < -0.3 is 15.5 Å². The number of oxime groups is 2. The zero-order chi connectivity index (χ0) is 25.4. The molecular weight excluding hydrogens is 436 g/mol. The van der Waals surface area contributed by atoms with Crippen LogP contribution in [0.3, 0.4) is 0 Å². The molecule has 5 aliphatic carbocycles. The van der Waals surface area contributed by atoms with Gasteiger partial charge in [0.15, 0.2) is 0 Å². The van der Waals surface area contributed by atoms with Crippen LogP contribution in [0.25, 0.3) is 0 Å². The summed E-state index contributed by atoms with van der Waals surface area (Å²) < 4.78 is 0. The normalized spacial score (nSPS) is 54.7. The minimum atomic E-state index is -0.434. The molecule has 10 atom stereocenters. The highest BCUT2D eigenvalue weighted by atomic mass is 16.4. The zero-order valence-electron chi connectivity index (χ0n) is 22.7. The smallest absolute Gasteiger partial charge is 0.0655 e. The van der Waals surface area contributed by atoms with Crippen molar-refractivity contribution in [3.05, 3.63) is 12.2 Å². The predicted octanol–water partition coefficient (Wildman–Crippen LogP) is 6.91. The molecule has 0 aromatic heterocycles. The molecule has 0 radical (unpaired) electrons. The Labute approximate surface area is 212 Å². The van der Waals surface area contributed by atoms with Crippen LogP contribution in [0.2, 0.25) is 0 Å². The van der Waals surface area contributed by atoms with E-state index in [4.69, 9.17) is 0 Å². The Morgan fingerprint density at radius 2 is 1.69 bits per heavy atom. The molecule has 5 saturated carbocycles. The number of aliphatic hydroxyl groups excluding tert-OH is 1. The van der Waals surface area contributed by atoms with E-state index in [1.54, 1.807) is 0 Å². The SMILES string of the molecule is C=C(C)[C@@H]1CC[C@]2(/C=N/O)CC[C@]3(C)[C@H](CC[C@@H]4[C@@]5(C)CC/C(=N/O)[C@@](C)(CO)[C@@H]5CC[C@]43C)[C@@H]12. The van der Waals surface area contributed by atoms with E-state index in [0.717, 1.165) is 44.2 Å².